The molecule has 0 amide bonds. The Labute approximate surface area is 167 Å². The van der Waals surface area contributed by atoms with Gasteiger partial charge in [-0.15, -0.1) is 0 Å². The van der Waals surface area contributed by atoms with E-state index in [2.05, 4.69) is 36.5 Å². The van der Waals surface area contributed by atoms with Crippen molar-refractivity contribution in [3.63, 3.8) is 0 Å². The molecule has 27 heavy (non-hydrogen) atoms. The molecule has 1 aromatic heterocycles. The minimum Gasteiger partial charge on any atom is -0.492 e. The molecule has 1 aromatic carbocycles. The number of anilines is 1. The Morgan fingerprint density at radius 1 is 1.37 bits per heavy atom. The number of guanidine groups is 1. The number of benzene rings is 1. The van der Waals surface area contributed by atoms with Gasteiger partial charge in [-0.1, -0.05) is 15.9 Å². The summed E-state index contributed by atoms with van der Waals surface area (Å²) < 4.78 is 20.6. The molecule has 1 saturated heterocycles. The van der Waals surface area contributed by atoms with Crippen LogP contribution < -0.4 is 20.3 Å². The summed E-state index contributed by atoms with van der Waals surface area (Å²) in [5.41, 5.74) is 0. The molecule has 1 aliphatic heterocycles. The number of halogens is 2. The topological polar surface area (TPSA) is 61.8 Å². The van der Waals surface area contributed by atoms with Crippen LogP contribution in [0.3, 0.4) is 0 Å². The molecule has 1 fully saturated rings. The van der Waals surface area contributed by atoms with E-state index in [0.717, 1.165) is 23.2 Å². The number of hydrogen-bond acceptors (Lipinski definition) is 4. The molecule has 1 atom stereocenters. The summed E-state index contributed by atoms with van der Waals surface area (Å²) in [5, 5.41) is 6.62. The molecule has 6 nitrogen and oxygen atoms in total. The maximum absolute atomic E-state index is 13.9. The summed E-state index contributed by atoms with van der Waals surface area (Å²) in [6.45, 7) is 2.60. The fourth-order valence-corrected chi connectivity index (χ4v) is 3.20. The van der Waals surface area contributed by atoms with E-state index in [4.69, 9.17) is 4.74 Å². The summed E-state index contributed by atoms with van der Waals surface area (Å²) >= 11 is 3.40. The molecular formula is C19H23BrFN5O. The molecule has 1 aliphatic rings. The second kappa shape index (κ2) is 9.55. The van der Waals surface area contributed by atoms with E-state index in [1.165, 1.54) is 6.07 Å². The third-order valence-corrected chi connectivity index (χ3v) is 4.80. The Kier molecular flexibility index (Phi) is 6.86. The van der Waals surface area contributed by atoms with E-state index in [9.17, 15) is 4.39 Å². The zero-order chi connectivity index (χ0) is 19.1. The third kappa shape index (κ3) is 5.56. The third-order valence-electron chi connectivity index (χ3n) is 4.27. The van der Waals surface area contributed by atoms with Crippen molar-refractivity contribution in [1.82, 2.24) is 15.6 Å². The van der Waals surface area contributed by atoms with Crippen LogP contribution in [-0.4, -0.2) is 50.3 Å². The van der Waals surface area contributed by atoms with E-state index in [0.29, 0.717) is 31.5 Å². The number of pyridine rings is 1. The molecule has 2 N–H and O–H groups in total. The molecule has 0 bridgehead atoms. The predicted molar refractivity (Wildman–Crippen MR) is 109 cm³/mol. The molecule has 144 valence electrons. The van der Waals surface area contributed by atoms with Crippen molar-refractivity contribution in [1.29, 1.82) is 0 Å². The van der Waals surface area contributed by atoms with Gasteiger partial charge < -0.3 is 20.3 Å². The van der Waals surface area contributed by atoms with Crippen molar-refractivity contribution < 1.29 is 9.13 Å². The van der Waals surface area contributed by atoms with Crippen LogP contribution in [0.5, 0.6) is 5.75 Å². The van der Waals surface area contributed by atoms with Gasteiger partial charge in [0.05, 0.1) is 6.54 Å². The average molecular weight is 436 g/mol. The fraction of sp³-hybridized carbons (Fsp3) is 0.368. The van der Waals surface area contributed by atoms with Crippen LogP contribution in [-0.2, 0) is 0 Å². The lowest BCUT2D eigenvalue weighted by Gasteiger charge is -2.20. The quantitative estimate of drug-likeness (QED) is 0.415. The minimum absolute atomic E-state index is 0.185. The Morgan fingerprint density at radius 2 is 2.19 bits per heavy atom. The van der Waals surface area contributed by atoms with Gasteiger partial charge >= 0.3 is 0 Å². The van der Waals surface area contributed by atoms with Gasteiger partial charge in [-0.05, 0) is 42.8 Å². The number of nitrogens with one attached hydrogen (secondary N) is 2. The first-order valence-corrected chi connectivity index (χ1v) is 9.66. The summed E-state index contributed by atoms with van der Waals surface area (Å²) in [6.07, 6.45) is 2.51. The largest absolute Gasteiger partial charge is 0.492 e. The van der Waals surface area contributed by atoms with E-state index in [1.807, 2.05) is 29.2 Å². The van der Waals surface area contributed by atoms with Gasteiger partial charge in [-0.25, -0.2) is 9.37 Å². The lowest BCUT2D eigenvalue weighted by Crippen LogP contribution is -2.45. The first-order chi connectivity index (χ1) is 13.2. The summed E-state index contributed by atoms with van der Waals surface area (Å²) in [7, 11) is 1.73. The minimum atomic E-state index is -0.286. The molecule has 0 spiro atoms. The van der Waals surface area contributed by atoms with Crippen LogP contribution in [0.4, 0.5) is 10.2 Å². The van der Waals surface area contributed by atoms with Crippen LogP contribution in [0.2, 0.25) is 0 Å². The van der Waals surface area contributed by atoms with Gasteiger partial charge in [0.2, 0.25) is 0 Å². The Hall–Kier alpha value is -2.35. The smallest absolute Gasteiger partial charge is 0.191 e. The standard InChI is InChI=1S/C19H23BrFN5O/c1-22-19(24-10-12-27-16-6-4-14(20)5-7-16)25-15-8-11-26(13-15)18-17(21)3-2-9-23-18/h2-7,9,15H,8,10-13H2,1H3,(H2,22,24,25). The second-order valence-corrected chi connectivity index (χ2v) is 7.10. The monoisotopic (exact) mass is 435 g/mol. The van der Waals surface area contributed by atoms with E-state index < -0.39 is 0 Å². The Bertz CT molecular complexity index is 771. The van der Waals surface area contributed by atoms with Crippen LogP contribution in [0.25, 0.3) is 0 Å². The number of hydrogen-bond donors (Lipinski definition) is 2. The summed E-state index contributed by atoms with van der Waals surface area (Å²) in [4.78, 5) is 10.3. The fourth-order valence-electron chi connectivity index (χ4n) is 2.94. The number of rotatable bonds is 6. The first-order valence-electron chi connectivity index (χ1n) is 8.86. The van der Waals surface area contributed by atoms with Gasteiger partial charge in [0, 0.05) is 36.8 Å². The van der Waals surface area contributed by atoms with Crippen molar-refractivity contribution in [3.05, 3.63) is 52.9 Å². The van der Waals surface area contributed by atoms with E-state index in [-0.39, 0.29) is 11.9 Å². The van der Waals surface area contributed by atoms with Crippen molar-refractivity contribution in [2.45, 2.75) is 12.5 Å². The maximum Gasteiger partial charge on any atom is 0.191 e. The first kappa shape index (κ1) is 19.4. The van der Waals surface area contributed by atoms with Gasteiger partial charge in [-0.2, -0.15) is 0 Å². The molecular weight excluding hydrogens is 413 g/mol. The van der Waals surface area contributed by atoms with Crippen molar-refractivity contribution in [2.75, 3.05) is 38.2 Å². The van der Waals surface area contributed by atoms with E-state index in [1.54, 1.807) is 19.3 Å². The Balaban J connectivity index is 1.41. The molecule has 3 rings (SSSR count). The zero-order valence-electron chi connectivity index (χ0n) is 15.2. The molecule has 2 heterocycles. The average Bonchev–Trinajstić information content (AvgIpc) is 3.14. The number of ether oxygens (including phenoxy) is 1. The number of aromatic nitrogens is 1. The van der Waals surface area contributed by atoms with Crippen LogP contribution in [0.15, 0.2) is 52.1 Å². The Morgan fingerprint density at radius 3 is 2.93 bits per heavy atom. The van der Waals surface area contributed by atoms with Gasteiger partial charge in [0.25, 0.3) is 0 Å². The van der Waals surface area contributed by atoms with Crippen LogP contribution >= 0.6 is 15.9 Å². The highest BCUT2D eigenvalue weighted by molar-refractivity contribution is 9.10. The van der Waals surface area contributed by atoms with Crippen molar-refractivity contribution in [2.24, 2.45) is 4.99 Å². The summed E-state index contributed by atoms with van der Waals surface area (Å²) in [6, 6.07) is 11.0. The normalized spacial score (nSPS) is 17.1. The van der Waals surface area contributed by atoms with Gasteiger partial charge in [0.1, 0.15) is 12.4 Å². The maximum atomic E-state index is 13.9. The molecule has 1 unspecified atom stereocenters. The number of nitrogens with zero attached hydrogens (tertiary/aromatic N) is 3. The molecule has 8 heteroatoms. The number of aliphatic imine (C=N–C) groups is 1. The van der Waals surface area contributed by atoms with Crippen LogP contribution in [0, 0.1) is 5.82 Å². The molecule has 0 saturated carbocycles. The van der Waals surface area contributed by atoms with Gasteiger partial charge in [-0.3, -0.25) is 4.99 Å². The van der Waals surface area contributed by atoms with Crippen LogP contribution in [0.1, 0.15) is 6.42 Å². The highest BCUT2D eigenvalue weighted by atomic mass is 79.9. The van der Waals surface area contributed by atoms with Crippen molar-refractivity contribution >= 4 is 27.7 Å². The lowest BCUT2D eigenvalue weighted by molar-refractivity contribution is 0.321. The highest BCUT2D eigenvalue weighted by Crippen LogP contribution is 2.20. The van der Waals surface area contributed by atoms with Gasteiger partial charge in [0.15, 0.2) is 17.6 Å². The highest BCUT2D eigenvalue weighted by Gasteiger charge is 2.25. The SMILES string of the molecule is CN=C(NCCOc1ccc(Br)cc1)NC1CCN(c2ncccc2F)C1. The lowest BCUT2D eigenvalue weighted by atomic mass is 10.3. The molecule has 0 radical (unpaired) electrons. The summed E-state index contributed by atoms with van der Waals surface area (Å²) in [5.74, 6) is 1.66. The predicted octanol–water partition coefficient (Wildman–Crippen LogP) is 2.81. The molecule has 2 aromatic rings. The zero-order valence-corrected chi connectivity index (χ0v) is 16.7. The van der Waals surface area contributed by atoms with Crippen molar-refractivity contribution in [3.8, 4) is 5.75 Å². The van der Waals surface area contributed by atoms with E-state index >= 15 is 0 Å². The molecule has 0 aliphatic carbocycles. The second-order valence-electron chi connectivity index (χ2n) is 6.19.